The number of carboxylic acid groups (broad SMARTS) is 1. The molecule has 1 aliphatic heterocycles. The summed E-state index contributed by atoms with van der Waals surface area (Å²) in [7, 11) is 0. The van der Waals surface area contributed by atoms with Crippen LogP contribution in [0.5, 0.6) is 11.5 Å². The van der Waals surface area contributed by atoms with Crippen LogP contribution in [0.15, 0.2) is 18.2 Å². The third kappa shape index (κ3) is 3.01. The maximum absolute atomic E-state index is 12.1. The number of ether oxygens (including phenoxy) is 2. The molecule has 1 aromatic rings. The van der Waals surface area contributed by atoms with E-state index < -0.39 is 17.9 Å². The van der Waals surface area contributed by atoms with Crippen LogP contribution in [-0.4, -0.2) is 36.2 Å². The topological polar surface area (TPSA) is 84.9 Å². The minimum Gasteiger partial charge on any atom is -0.486 e. The molecule has 0 spiro atoms. The van der Waals surface area contributed by atoms with Crippen LogP contribution in [0.4, 0.5) is 0 Å². The molecule has 0 saturated heterocycles. The molecule has 0 unspecified atom stereocenters. The van der Waals surface area contributed by atoms with E-state index in [0.29, 0.717) is 30.3 Å². The van der Waals surface area contributed by atoms with Crippen LogP contribution < -0.4 is 14.8 Å². The molecule has 2 rings (SSSR count). The van der Waals surface area contributed by atoms with E-state index in [2.05, 4.69) is 5.32 Å². The maximum Gasteiger partial charge on any atom is 0.326 e. The van der Waals surface area contributed by atoms with E-state index >= 15 is 0 Å². The van der Waals surface area contributed by atoms with Crippen molar-refractivity contribution in [1.29, 1.82) is 0 Å². The van der Waals surface area contributed by atoms with Crippen molar-refractivity contribution >= 4 is 11.9 Å². The molecule has 0 aromatic heterocycles. The van der Waals surface area contributed by atoms with Crippen LogP contribution in [0, 0.1) is 5.92 Å². The number of carboxylic acids is 1. The van der Waals surface area contributed by atoms with E-state index in [0.717, 1.165) is 0 Å². The number of nitrogens with one attached hydrogen (secondary N) is 1. The lowest BCUT2D eigenvalue weighted by atomic mass is 10.0. The zero-order chi connectivity index (χ0) is 14.7. The number of fused-ring (bicyclic) bond motifs is 1. The summed E-state index contributed by atoms with van der Waals surface area (Å²) in [6.45, 7) is 4.39. The van der Waals surface area contributed by atoms with Gasteiger partial charge in [0.1, 0.15) is 19.3 Å². The Labute approximate surface area is 116 Å². The van der Waals surface area contributed by atoms with Crippen molar-refractivity contribution in [3.63, 3.8) is 0 Å². The first-order chi connectivity index (χ1) is 9.49. The molecule has 108 valence electrons. The van der Waals surface area contributed by atoms with Crippen LogP contribution in [0.3, 0.4) is 0 Å². The highest BCUT2D eigenvalue weighted by Crippen LogP contribution is 2.30. The Morgan fingerprint density at radius 2 is 1.85 bits per heavy atom. The normalized spacial score (nSPS) is 14.8. The quantitative estimate of drug-likeness (QED) is 0.867. The molecule has 1 atom stereocenters. The van der Waals surface area contributed by atoms with E-state index in [-0.39, 0.29) is 5.92 Å². The minimum atomic E-state index is -1.05. The zero-order valence-corrected chi connectivity index (χ0v) is 11.4. The van der Waals surface area contributed by atoms with Crippen molar-refractivity contribution in [2.45, 2.75) is 19.9 Å². The molecule has 0 aliphatic carbocycles. The number of hydrogen-bond donors (Lipinski definition) is 2. The predicted octanol–water partition coefficient (Wildman–Crippen LogP) is 1.30. The number of carbonyl (C=O) groups excluding carboxylic acids is 1. The van der Waals surface area contributed by atoms with Crippen molar-refractivity contribution in [2.24, 2.45) is 5.92 Å². The number of aliphatic carboxylic acids is 1. The second kappa shape index (κ2) is 5.81. The van der Waals surface area contributed by atoms with Gasteiger partial charge in [-0.3, -0.25) is 4.79 Å². The van der Waals surface area contributed by atoms with Crippen LogP contribution in [0.25, 0.3) is 0 Å². The minimum absolute atomic E-state index is 0.200. The summed E-state index contributed by atoms with van der Waals surface area (Å²) in [4.78, 5) is 23.2. The lowest BCUT2D eigenvalue weighted by Gasteiger charge is -2.20. The molecule has 0 saturated carbocycles. The van der Waals surface area contributed by atoms with Crippen molar-refractivity contribution in [3.05, 3.63) is 23.8 Å². The summed E-state index contributed by atoms with van der Waals surface area (Å²) in [5, 5.41) is 11.6. The van der Waals surface area contributed by atoms with Crippen molar-refractivity contribution in [3.8, 4) is 11.5 Å². The molecule has 0 fully saturated rings. The van der Waals surface area contributed by atoms with E-state index in [1.807, 2.05) is 0 Å². The van der Waals surface area contributed by atoms with Gasteiger partial charge in [-0.05, 0) is 24.1 Å². The van der Waals surface area contributed by atoms with Gasteiger partial charge in [-0.25, -0.2) is 4.79 Å². The van der Waals surface area contributed by atoms with Gasteiger partial charge in [0.05, 0.1) is 0 Å². The molecular formula is C14H17NO5. The van der Waals surface area contributed by atoms with Crippen LogP contribution >= 0.6 is 0 Å². The number of hydrogen-bond acceptors (Lipinski definition) is 4. The Morgan fingerprint density at radius 3 is 2.45 bits per heavy atom. The van der Waals surface area contributed by atoms with Gasteiger partial charge in [0.25, 0.3) is 5.91 Å². The Bertz CT molecular complexity index is 526. The van der Waals surface area contributed by atoms with Crippen molar-refractivity contribution < 1.29 is 24.2 Å². The van der Waals surface area contributed by atoms with Gasteiger partial charge in [0.2, 0.25) is 0 Å². The summed E-state index contributed by atoms with van der Waals surface area (Å²) in [6.07, 6.45) is 0. The summed E-state index contributed by atoms with van der Waals surface area (Å²) in [5.41, 5.74) is 0.348. The van der Waals surface area contributed by atoms with E-state index in [1.54, 1.807) is 32.0 Å². The van der Waals surface area contributed by atoms with E-state index in [1.165, 1.54) is 0 Å². The third-order valence-corrected chi connectivity index (χ3v) is 3.02. The Kier molecular flexibility index (Phi) is 4.12. The summed E-state index contributed by atoms with van der Waals surface area (Å²) < 4.78 is 10.8. The molecule has 1 amide bonds. The van der Waals surface area contributed by atoms with Crippen molar-refractivity contribution in [1.82, 2.24) is 5.32 Å². The van der Waals surface area contributed by atoms with Gasteiger partial charge in [-0.1, -0.05) is 13.8 Å². The third-order valence-electron chi connectivity index (χ3n) is 3.02. The summed E-state index contributed by atoms with van der Waals surface area (Å²) >= 11 is 0. The molecule has 6 nitrogen and oxygen atoms in total. The van der Waals surface area contributed by atoms with Crippen molar-refractivity contribution in [2.75, 3.05) is 13.2 Å². The maximum atomic E-state index is 12.1. The summed E-state index contributed by atoms with van der Waals surface area (Å²) in [6, 6.07) is 3.87. The van der Waals surface area contributed by atoms with Crippen LogP contribution in [0.2, 0.25) is 0 Å². The Balaban J connectivity index is 2.15. The number of rotatable bonds is 4. The first-order valence-corrected chi connectivity index (χ1v) is 6.42. The van der Waals surface area contributed by atoms with E-state index in [9.17, 15) is 9.59 Å². The summed E-state index contributed by atoms with van der Waals surface area (Å²) in [5.74, 6) is -0.602. The van der Waals surface area contributed by atoms with Gasteiger partial charge in [0.15, 0.2) is 11.5 Å². The Morgan fingerprint density at radius 1 is 1.20 bits per heavy atom. The average Bonchev–Trinajstić information content (AvgIpc) is 2.43. The molecule has 0 radical (unpaired) electrons. The molecule has 1 aliphatic rings. The second-order valence-corrected chi connectivity index (χ2v) is 4.89. The van der Waals surface area contributed by atoms with Crippen LogP contribution in [-0.2, 0) is 4.79 Å². The Hall–Kier alpha value is -2.24. The monoisotopic (exact) mass is 279 g/mol. The fraction of sp³-hybridized carbons (Fsp3) is 0.429. The molecule has 6 heteroatoms. The zero-order valence-electron chi connectivity index (χ0n) is 11.4. The second-order valence-electron chi connectivity index (χ2n) is 4.89. The predicted molar refractivity (Wildman–Crippen MR) is 71.2 cm³/mol. The van der Waals surface area contributed by atoms with Crippen LogP contribution in [0.1, 0.15) is 24.2 Å². The first kappa shape index (κ1) is 14.2. The highest BCUT2D eigenvalue weighted by atomic mass is 16.6. The lowest BCUT2D eigenvalue weighted by Crippen LogP contribution is -2.44. The fourth-order valence-electron chi connectivity index (χ4n) is 1.92. The SMILES string of the molecule is CC(C)[C@H](NC(=O)c1ccc2c(c1)OCCO2)C(=O)O. The van der Waals surface area contributed by atoms with Gasteiger partial charge in [-0.2, -0.15) is 0 Å². The highest BCUT2D eigenvalue weighted by molar-refractivity contribution is 5.97. The van der Waals surface area contributed by atoms with Gasteiger partial charge in [-0.15, -0.1) is 0 Å². The van der Waals surface area contributed by atoms with E-state index in [4.69, 9.17) is 14.6 Å². The standard InChI is InChI=1S/C14H17NO5/c1-8(2)12(14(17)18)15-13(16)9-3-4-10-11(7-9)20-6-5-19-10/h3-4,7-8,12H,5-6H2,1-2H3,(H,15,16)(H,17,18)/t12-/m0/s1. The van der Waals surface area contributed by atoms with Gasteiger partial charge in [0, 0.05) is 5.56 Å². The van der Waals surface area contributed by atoms with Gasteiger partial charge >= 0.3 is 5.97 Å². The molecule has 0 bridgehead atoms. The fourth-order valence-corrected chi connectivity index (χ4v) is 1.92. The number of carbonyl (C=O) groups is 2. The molecular weight excluding hydrogens is 262 g/mol. The average molecular weight is 279 g/mol. The number of benzene rings is 1. The highest BCUT2D eigenvalue weighted by Gasteiger charge is 2.24. The number of amides is 1. The molecule has 1 aromatic carbocycles. The molecule has 2 N–H and O–H groups in total. The molecule has 20 heavy (non-hydrogen) atoms. The lowest BCUT2D eigenvalue weighted by molar-refractivity contribution is -0.140. The first-order valence-electron chi connectivity index (χ1n) is 6.42. The smallest absolute Gasteiger partial charge is 0.326 e. The largest absolute Gasteiger partial charge is 0.486 e. The van der Waals surface area contributed by atoms with Gasteiger partial charge < -0.3 is 19.9 Å². The molecule has 1 heterocycles.